The van der Waals surface area contributed by atoms with Crippen LogP contribution in [0.15, 0.2) is 47.1 Å². The number of ether oxygens (including phenoxy) is 1. The SMILES string of the molecule is COc1ccc(CNC(=O)C(=O)NCC(C)(O)Cc2ccco2)cc1. The fourth-order valence-electron chi connectivity index (χ4n) is 2.21. The fourth-order valence-corrected chi connectivity index (χ4v) is 2.21. The molecule has 0 saturated carbocycles. The van der Waals surface area contributed by atoms with E-state index in [1.54, 1.807) is 50.4 Å². The molecule has 0 saturated heterocycles. The van der Waals surface area contributed by atoms with Crippen molar-refractivity contribution in [2.45, 2.75) is 25.5 Å². The summed E-state index contributed by atoms with van der Waals surface area (Å²) in [5, 5.41) is 15.2. The number of benzene rings is 1. The number of carbonyl (C=O) groups excluding carboxylic acids is 2. The van der Waals surface area contributed by atoms with Gasteiger partial charge in [-0.2, -0.15) is 0 Å². The zero-order valence-corrected chi connectivity index (χ0v) is 14.2. The van der Waals surface area contributed by atoms with Crippen LogP contribution >= 0.6 is 0 Å². The number of aliphatic hydroxyl groups is 1. The lowest BCUT2D eigenvalue weighted by molar-refractivity contribution is -0.139. The van der Waals surface area contributed by atoms with Gasteiger partial charge in [0, 0.05) is 19.5 Å². The predicted octanol–water partition coefficient (Wildman–Crippen LogP) is 1.01. The molecular weight excluding hydrogens is 324 g/mol. The van der Waals surface area contributed by atoms with Crippen molar-refractivity contribution >= 4 is 11.8 Å². The second-order valence-corrected chi connectivity index (χ2v) is 5.97. The van der Waals surface area contributed by atoms with Crippen LogP contribution in [0.2, 0.25) is 0 Å². The quantitative estimate of drug-likeness (QED) is 0.650. The van der Waals surface area contributed by atoms with E-state index >= 15 is 0 Å². The first-order valence-corrected chi connectivity index (χ1v) is 7.83. The summed E-state index contributed by atoms with van der Waals surface area (Å²) in [5.41, 5.74) is -0.379. The van der Waals surface area contributed by atoms with Gasteiger partial charge in [-0.1, -0.05) is 12.1 Å². The Hall–Kier alpha value is -2.80. The molecule has 7 nitrogen and oxygen atoms in total. The van der Waals surface area contributed by atoms with E-state index in [2.05, 4.69) is 10.6 Å². The summed E-state index contributed by atoms with van der Waals surface area (Å²) in [6.07, 6.45) is 1.74. The third-order valence-corrected chi connectivity index (χ3v) is 3.58. The van der Waals surface area contributed by atoms with E-state index in [9.17, 15) is 14.7 Å². The van der Waals surface area contributed by atoms with Crippen molar-refractivity contribution in [3.05, 3.63) is 54.0 Å². The van der Waals surface area contributed by atoms with Gasteiger partial charge in [0.15, 0.2) is 0 Å². The van der Waals surface area contributed by atoms with Crippen LogP contribution in [0.4, 0.5) is 0 Å². The van der Waals surface area contributed by atoms with E-state index in [4.69, 9.17) is 9.15 Å². The van der Waals surface area contributed by atoms with Crippen LogP contribution in [0.1, 0.15) is 18.2 Å². The number of rotatable bonds is 7. The van der Waals surface area contributed by atoms with E-state index in [1.807, 2.05) is 0 Å². The Bertz CT molecular complexity index is 693. The second kappa shape index (κ2) is 8.34. The zero-order chi connectivity index (χ0) is 18.3. The van der Waals surface area contributed by atoms with Gasteiger partial charge in [0.2, 0.25) is 0 Å². The molecule has 7 heteroatoms. The molecule has 1 aromatic carbocycles. The summed E-state index contributed by atoms with van der Waals surface area (Å²) in [5.74, 6) is -0.243. The van der Waals surface area contributed by atoms with Crippen LogP contribution in [0.5, 0.6) is 5.75 Å². The Labute approximate surface area is 146 Å². The molecule has 0 radical (unpaired) electrons. The molecule has 0 aliphatic carbocycles. The monoisotopic (exact) mass is 346 g/mol. The van der Waals surface area contributed by atoms with Crippen molar-refractivity contribution in [1.82, 2.24) is 10.6 Å². The Balaban J connectivity index is 1.76. The molecule has 0 aliphatic heterocycles. The van der Waals surface area contributed by atoms with E-state index in [1.165, 1.54) is 6.26 Å². The predicted molar refractivity (Wildman–Crippen MR) is 90.9 cm³/mol. The maximum atomic E-state index is 11.8. The number of hydrogen-bond acceptors (Lipinski definition) is 5. The fraction of sp³-hybridized carbons (Fsp3) is 0.333. The van der Waals surface area contributed by atoms with Gasteiger partial charge in [-0.05, 0) is 36.8 Å². The average molecular weight is 346 g/mol. The van der Waals surface area contributed by atoms with Crippen LogP contribution in [0, 0.1) is 0 Å². The maximum absolute atomic E-state index is 11.8. The highest BCUT2D eigenvalue weighted by Gasteiger charge is 2.24. The zero-order valence-electron chi connectivity index (χ0n) is 14.2. The largest absolute Gasteiger partial charge is 0.497 e. The molecule has 1 atom stereocenters. The minimum atomic E-state index is -1.22. The Morgan fingerprint density at radius 1 is 1.16 bits per heavy atom. The van der Waals surface area contributed by atoms with Crippen molar-refractivity contribution < 1.29 is 23.8 Å². The molecule has 2 amide bonds. The highest BCUT2D eigenvalue weighted by atomic mass is 16.5. The van der Waals surface area contributed by atoms with Gasteiger partial charge < -0.3 is 24.9 Å². The van der Waals surface area contributed by atoms with E-state index in [0.29, 0.717) is 11.5 Å². The van der Waals surface area contributed by atoms with Gasteiger partial charge in [0.05, 0.1) is 19.0 Å². The highest BCUT2D eigenvalue weighted by molar-refractivity contribution is 6.35. The third kappa shape index (κ3) is 5.96. The van der Waals surface area contributed by atoms with Gasteiger partial charge in [0.25, 0.3) is 0 Å². The maximum Gasteiger partial charge on any atom is 0.309 e. The molecule has 0 bridgehead atoms. The molecule has 3 N–H and O–H groups in total. The van der Waals surface area contributed by atoms with E-state index in [0.717, 1.165) is 5.56 Å². The molecule has 2 rings (SSSR count). The normalized spacial score (nSPS) is 12.9. The number of methoxy groups -OCH3 is 1. The second-order valence-electron chi connectivity index (χ2n) is 5.97. The standard InChI is InChI=1S/C18H22N2O5/c1-18(23,10-15-4-3-9-25-15)12-20-17(22)16(21)19-11-13-5-7-14(24-2)8-6-13/h3-9,23H,10-12H2,1-2H3,(H,19,21)(H,20,22). The summed E-state index contributed by atoms with van der Waals surface area (Å²) in [6, 6.07) is 10.6. The van der Waals surface area contributed by atoms with Crippen molar-refractivity contribution in [1.29, 1.82) is 0 Å². The third-order valence-electron chi connectivity index (χ3n) is 3.58. The average Bonchev–Trinajstić information content (AvgIpc) is 3.10. The highest BCUT2D eigenvalue weighted by Crippen LogP contribution is 2.13. The molecule has 25 heavy (non-hydrogen) atoms. The first-order valence-electron chi connectivity index (χ1n) is 7.83. The number of amides is 2. The summed E-state index contributed by atoms with van der Waals surface area (Å²) >= 11 is 0. The smallest absolute Gasteiger partial charge is 0.309 e. The minimum Gasteiger partial charge on any atom is -0.497 e. The van der Waals surface area contributed by atoms with Gasteiger partial charge in [0.1, 0.15) is 11.5 Å². The molecule has 1 heterocycles. The number of hydrogen-bond donors (Lipinski definition) is 3. The summed E-state index contributed by atoms with van der Waals surface area (Å²) in [7, 11) is 1.57. The van der Waals surface area contributed by atoms with Crippen molar-refractivity contribution in [2.75, 3.05) is 13.7 Å². The summed E-state index contributed by atoms with van der Waals surface area (Å²) in [6.45, 7) is 1.71. The number of nitrogens with one attached hydrogen (secondary N) is 2. The van der Waals surface area contributed by atoms with Crippen molar-refractivity contribution in [3.63, 3.8) is 0 Å². The first kappa shape index (κ1) is 18.5. The lowest BCUT2D eigenvalue weighted by Gasteiger charge is -2.22. The lowest BCUT2D eigenvalue weighted by atomic mass is 10.0. The van der Waals surface area contributed by atoms with Gasteiger partial charge in [-0.15, -0.1) is 0 Å². The summed E-state index contributed by atoms with van der Waals surface area (Å²) in [4.78, 5) is 23.7. The van der Waals surface area contributed by atoms with Gasteiger partial charge >= 0.3 is 11.8 Å². The van der Waals surface area contributed by atoms with Crippen molar-refractivity contribution in [3.8, 4) is 5.75 Å². The molecule has 1 unspecified atom stereocenters. The van der Waals surface area contributed by atoms with Crippen LogP contribution in [0.25, 0.3) is 0 Å². The molecule has 0 aliphatic rings. The Morgan fingerprint density at radius 2 is 1.84 bits per heavy atom. The van der Waals surface area contributed by atoms with Crippen LogP contribution in [-0.4, -0.2) is 36.2 Å². The molecular formula is C18H22N2O5. The summed E-state index contributed by atoms with van der Waals surface area (Å²) < 4.78 is 10.2. The Morgan fingerprint density at radius 3 is 2.44 bits per heavy atom. The van der Waals surface area contributed by atoms with Crippen LogP contribution < -0.4 is 15.4 Å². The number of furan rings is 1. The van der Waals surface area contributed by atoms with Gasteiger partial charge in [-0.3, -0.25) is 9.59 Å². The molecule has 0 spiro atoms. The lowest BCUT2D eigenvalue weighted by Crippen LogP contribution is -2.47. The molecule has 1 aromatic heterocycles. The number of carbonyl (C=O) groups is 2. The first-order chi connectivity index (χ1) is 11.9. The van der Waals surface area contributed by atoms with E-state index < -0.39 is 17.4 Å². The van der Waals surface area contributed by atoms with Crippen molar-refractivity contribution in [2.24, 2.45) is 0 Å². The molecule has 134 valence electrons. The molecule has 2 aromatic rings. The molecule has 0 fully saturated rings. The van der Waals surface area contributed by atoms with Gasteiger partial charge in [-0.25, -0.2) is 0 Å². The minimum absolute atomic E-state index is 0.0670. The van der Waals surface area contributed by atoms with Crippen LogP contribution in [0.3, 0.4) is 0 Å². The topological polar surface area (TPSA) is 101 Å². The van der Waals surface area contributed by atoms with Crippen LogP contribution in [-0.2, 0) is 22.6 Å². The Kier molecular flexibility index (Phi) is 6.19. The van der Waals surface area contributed by atoms with E-state index in [-0.39, 0.29) is 19.5 Å².